The lowest BCUT2D eigenvalue weighted by Gasteiger charge is -1.98. The maximum atomic E-state index is 6.64. The summed E-state index contributed by atoms with van der Waals surface area (Å²) >= 11 is 0. The van der Waals surface area contributed by atoms with E-state index in [1.54, 1.807) is 13.1 Å². The van der Waals surface area contributed by atoms with E-state index in [2.05, 4.69) is 5.32 Å². The Bertz CT molecular complexity index is 89.8. The molecule has 0 radical (unpaired) electrons. The Kier molecular flexibility index (Phi) is 3.88. The molecule has 0 aliphatic carbocycles. The summed E-state index contributed by atoms with van der Waals surface area (Å²) in [6, 6.07) is 0. The van der Waals surface area contributed by atoms with Crippen molar-refractivity contribution in [3.8, 4) is 0 Å². The lowest BCUT2D eigenvalue weighted by molar-refractivity contribution is 0.929. The smallest absolute Gasteiger partial charge is 0.0329 e. The van der Waals surface area contributed by atoms with E-state index in [1.165, 1.54) is 6.21 Å². The molecule has 0 rings (SSSR count). The van der Waals surface area contributed by atoms with Gasteiger partial charge in [0.05, 0.1) is 0 Å². The van der Waals surface area contributed by atoms with Gasteiger partial charge in [-0.05, 0) is 6.08 Å². The van der Waals surface area contributed by atoms with Gasteiger partial charge >= 0.3 is 0 Å². The molecule has 0 spiro atoms. The summed E-state index contributed by atoms with van der Waals surface area (Å²) in [5.74, 6) is 0. The first-order valence-corrected chi connectivity index (χ1v) is 2.42. The molecular formula is C5H11N3. The Morgan fingerprint density at radius 3 is 2.62 bits per heavy atom. The van der Waals surface area contributed by atoms with Crippen LogP contribution in [0.25, 0.3) is 0 Å². The Labute approximate surface area is 49.1 Å². The van der Waals surface area contributed by atoms with Gasteiger partial charge in [0.1, 0.15) is 0 Å². The largest absolute Gasteiger partial charge is 0.390 e. The van der Waals surface area contributed by atoms with Crippen LogP contribution in [0.5, 0.6) is 0 Å². The highest BCUT2D eigenvalue weighted by atomic mass is 14.9. The Morgan fingerprint density at radius 2 is 2.50 bits per heavy atom. The van der Waals surface area contributed by atoms with Gasteiger partial charge in [0.25, 0.3) is 0 Å². The van der Waals surface area contributed by atoms with Gasteiger partial charge in [0.2, 0.25) is 0 Å². The highest BCUT2D eigenvalue weighted by Crippen LogP contribution is 1.77. The second kappa shape index (κ2) is 4.33. The zero-order valence-electron chi connectivity index (χ0n) is 4.94. The van der Waals surface area contributed by atoms with Crippen molar-refractivity contribution in [2.24, 2.45) is 5.73 Å². The van der Waals surface area contributed by atoms with Crippen LogP contribution in [0.3, 0.4) is 0 Å². The summed E-state index contributed by atoms with van der Waals surface area (Å²) in [6.07, 6.45) is 2.83. The normalized spacial score (nSPS) is 11.0. The number of nitrogens with two attached hydrogens (primary N) is 1. The molecular weight excluding hydrogens is 102 g/mol. The van der Waals surface area contributed by atoms with Crippen LogP contribution >= 0.6 is 0 Å². The first kappa shape index (κ1) is 7.17. The van der Waals surface area contributed by atoms with Crippen molar-refractivity contribution < 1.29 is 0 Å². The van der Waals surface area contributed by atoms with Gasteiger partial charge < -0.3 is 16.5 Å². The fourth-order valence-corrected chi connectivity index (χ4v) is 0.354. The minimum atomic E-state index is 0.464. The maximum Gasteiger partial charge on any atom is 0.0329 e. The van der Waals surface area contributed by atoms with Crippen LogP contribution in [0.1, 0.15) is 0 Å². The van der Waals surface area contributed by atoms with E-state index in [4.69, 9.17) is 11.1 Å². The van der Waals surface area contributed by atoms with Crippen LogP contribution in [0.4, 0.5) is 0 Å². The summed E-state index contributed by atoms with van der Waals surface area (Å²) in [4.78, 5) is 0. The number of rotatable bonds is 3. The summed E-state index contributed by atoms with van der Waals surface area (Å²) in [7, 11) is 1.78. The van der Waals surface area contributed by atoms with Crippen LogP contribution in [-0.2, 0) is 0 Å². The lowest BCUT2D eigenvalue weighted by atomic mass is 10.4. The molecule has 0 saturated carbocycles. The van der Waals surface area contributed by atoms with Gasteiger partial charge in [-0.3, -0.25) is 0 Å². The van der Waals surface area contributed by atoms with E-state index in [9.17, 15) is 0 Å². The second-order valence-electron chi connectivity index (χ2n) is 1.31. The van der Waals surface area contributed by atoms with Gasteiger partial charge in [-0.25, -0.2) is 0 Å². The Morgan fingerprint density at radius 1 is 1.88 bits per heavy atom. The summed E-state index contributed by atoms with van der Waals surface area (Å²) in [5.41, 5.74) is 6.11. The number of nitrogens with one attached hydrogen (secondary N) is 2. The van der Waals surface area contributed by atoms with Crippen molar-refractivity contribution in [2.45, 2.75) is 0 Å². The van der Waals surface area contributed by atoms with Crippen LogP contribution in [-0.4, -0.2) is 19.8 Å². The third-order valence-corrected chi connectivity index (χ3v) is 0.826. The molecule has 0 aromatic heterocycles. The highest BCUT2D eigenvalue weighted by molar-refractivity contribution is 5.68. The summed E-state index contributed by atoms with van der Waals surface area (Å²) in [5, 5.41) is 9.48. The van der Waals surface area contributed by atoms with Gasteiger partial charge in [0.15, 0.2) is 0 Å². The molecule has 0 bridgehead atoms. The molecule has 0 fully saturated rings. The molecule has 0 unspecified atom stereocenters. The van der Waals surface area contributed by atoms with Crippen molar-refractivity contribution in [3.63, 3.8) is 0 Å². The van der Waals surface area contributed by atoms with Crippen molar-refractivity contribution >= 4 is 6.21 Å². The van der Waals surface area contributed by atoms with Crippen LogP contribution in [0.15, 0.2) is 11.8 Å². The zero-order valence-corrected chi connectivity index (χ0v) is 4.94. The molecule has 0 aliphatic heterocycles. The van der Waals surface area contributed by atoms with Crippen LogP contribution in [0.2, 0.25) is 0 Å². The second-order valence-corrected chi connectivity index (χ2v) is 1.31. The Hall–Kier alpha value is -0.830. The third-order valence-electron chi connectivity index (χ3n) is 0.826. The van der Waals surface area contributed by atoms with E-state index >= 15 is 0 Å². The molecule has 3 heteroatoms. The lowest BCUT2D eigenvalue weighted by Crippen LogP contribution is -2.15. The minimum Gasteiger partial charge on any atom is -0.390 e. The summed E-state index contributed by atoms with van der Waals surface area (Å²) < 4.78 is 0. The van der Waals surface area contributed by atoms with Gasteiger partial charge in [-0.2, -0.15) is 0 Å². The van der Waals surface area contributed by atoms with E-state index in [-0.39, 0.29) is 0 Å². The molecule has 3 nitrogen and oxygen atoms in total. The number of hydrogen-bond donors (Lipinski definition) is 3. The molecule has 0 aromatic rings. The quantitative estimate of drug-likeness (QED) is 0.440. The molecule has 0 aromatic carbocycles. The molecule has 4 N–H and O–H groups in total. The molecule has 46 valence electrons. The van der Waals surface area contributed by atoms with E-state index < -0.39 is 0 Å². The maximum absolute atomic E-state index is 6.64. The average Bonchev–Trinajstić information content (AvgIpc) is 1.83. The van der Waals surface area contributed by atoms with Crippen molar-refractivity contribution in [1.82, 2.24) is 5.32 Å². The van der Waals surface area contributed by atoms with E-state index in [1.807, 2.05) is 0 Å². The van der Waals surface area contributed by atoms with Crippen molar-refractivity contribution in [1.29, 1.82) is 5.41 Å². The third kappa shape index (κ3) is 2.36. The number of likely N-dealkylation sites (N-methyl/N-ethyl adjacent to an activating group) is 1. The van der Waals surface area contributed by atoms with Crippen molar-refractivity contribution in [3.05, 3.63) is 11.8 Å². The fraction of sp³-hybridized carbons (Fsp3) is 0.400. The van der Waals surface area contributed by atoms with Gasteiger partial charge in [-0.15, -0.1) is 0 Å². The molecule has 8 heavy (non-hydrogen) atoms. The van der Waals surface area contributed by atoms with Crippen LogP contribution < -0.4 is 11.1 Å². The highest BCUT2D eigenvalue weighted by Gasteiger charge is 1.82. The van der Waals surface area contributed by atoms with Crippen molar-refractivity contribution in [2.75, 3.05) is 13.6 Å². The SMILES string of the molecule is CN/C(=C\C=N)CN. The first-order valence-electron chi connectivity index (χ1n) is 2.42. The fourth-order valence-electron chi connectivity index (χ4n) is 0.354. The van der Waals surface area contributed by atoms with E-state index in [0.717, 1.165) is 5.70 Å². The van der Waals surface area contributed by atoms with Crippen LogP contribution in [0, 0.1) is 5.41 Å². The van der Waals surface area contributed by atoms with Gasteiger partial charge in [0, 0.05) is 25.5 Å². The molecule has 0 aliphatic rings. The van der Waals surface area contributed by atoms with E-state index in [0.29, 0.717) is 6.54 Å². The first-order chi connectivity index (χ1) is 3.85. The predicted molar refractivity (Wildman–Crippen MR) is 35.0 cm³/mol. The number of hydrogen-bond acceptors (Lipinski definition) is 3. The molecule has 0 saturated heterocycles. The van der Waals surface area contributed by atoms with Gasteiger partial charge in [-0.1, -0.05) is 0 Å². The average molecular weight is 113 g/mol. The summed E-state index contributed by atoms with van der Waals surface area (Å²) in [6.45, 7) is 0.464. The molecule has 0 heterocycles. The number of allylic oxidation sites excluding steroid dienone is 1. The predicted octanol–water partition coefficient (Wildman–Crippen LogP) is -0.302. The minimum absolute atomic E-state index is 0.464. The monoisotopic (exact) mass is 113 g/mol. The topological polar surface area (TPSA) is 61.9 Å². The molecule has 0 atom stereocenters. The standard InChI is InChI=1S/C5H11N3/c1-8-5(4-7)2-3-6/h2-3,6,8H,4,7H2,1H3/b5-2-,6-3?. The molecule has 0 amide bonds. The Balaban J connectivity index is 3.66. The zero-order chi connectivity index (χ0) is 6.41.